The maximum Gasteiger partial charge on any atom is 0.0471 e. The Kier molecular flexibility index (Phi) is 4.83. The van der Waals surface area contributed by atoms with Crippen LogP contribution in [-0.4, -0.2) is 31.3 Å². The standard InChI is InChI=1S/C14H22N2O/c17-9-7-12-3-5-14(6-4-12)16-11-13-2-1-8-15-10-13/h3-6,13,15-17H,1-2,7-11H2. The minimum Gasteiger partial charge on any atom is -0.396 e. The van der Waals surface area contributed by atoms with E-state index in [2.05, 4.69) is 34.9 Å². The molecule has 2 rings (SSSR count). The molecule has 17 heavy (non-hydrogen) atoms. The largest absolute Gasteiger partial charge is 0.396 e. The van der Waals surface area contributed by atoms with E-state index in [-0.39, 0.29) is 6.61 Å². The van der Waals surface area contributed by atoms with E-state index in [9.17, 15) is 0 Å². The Hall–Kier alpha value is -1.06. The van der Waals surface area contributed by atoms with Crippen molar-refractivity contribution in [2.75, 3.05) is 31.6 Å². The number of aliphatic hydroxyl groups is 1. The van der Waals surface area contributed by atoms with Gasteiger partial charge in [-0.1, -0.05) is 12.1 Å². The molecule has 0 bridgehead atoms. The van der Waals surface area contributed by atoms with E-state index in [1.54, 1.807) is 0 Å². The number of rotatable bonds is 5. The van der Waals surface area contributed by atoms with Gasteiger partial charge in [-0.2, -0.15) is 0 Å². The first-order valence-corrected chi connectivity index (χ1v) is 6.53. The summed E-state index contributed by atoms with van der Waals surface area (Å²) in [5, 5.41) is 15.8. The molecule has 1 saturated heterocycles. The number of benzene rings is 1. The molecule has 1 aliphatic heterocycles. The molecule has 1 aromatic rings. The summed E-state index contributed by atoms with van der Waals surface area (Å²) in [5.74, 6) is 0.751. The van der Waals surface area contributed by atoms with Crippen LogP contribution in [0.15, 0.2) is 24.3 Å². The van der Waals surface area contributed by atoms with Crippen LogP contribution in [-0.2, 0) is 6.42 Å². The zero-order valence-electron chi connectivity index (χ0n) is 10.3. The topological polar surface area (TPSA) is 44.3 Å². The van der Waals surface area contributed by atoms with Crippen molar-refractivity contribution in [3.8, 4) is 0 Å². The monoisotopic (exact) mass is 234 g/mol. The van der Waals surface area contributed by atoms with Crippen molar-refractivity contribution in [1.29, 1.82) is 0 Å². The van der Waals surface area contributed by atoms with Gasteiger partial charge in [0.25, 0.3) is 0 Å². The summed E-state index contributed by atoms with van der Waals surface area (Å²) in [5.41, 5.74) is 2.37. The summed E-state index contributed by atoms with van der Waals surface area (Å²) in [4.78, 5) is 0. The average Bonchev–Trinajstić information content (AvgIpc) is 2.40. The second-order valence-corrected chi connectivity index (χ2v) is 4.76. The van der Waals surface area contributed by atoms with E-state index in [0.29, 0.717) is 0 Å². The molecule has 3 nitrogen and oxygen atoms in total. The Labute approximate surface area is 103 Å². The molecule has 0 amide bonds. The van der Waals surface area contributed by atoms with E-state index in [1.807, 2.05) is 0 Å². The lowest BCUT2D eigenvalue weighted by Gasteiger charge is -2.23. The van der Waals surface area contributed by atoms with Crippen LogP contribution in [0.25, 0.3) is 0 Å². The van der Waals surface area contributed by atoms with Crippen molar-refractivity contribution in [3.63, 3.8) is 0 Å². The van der Waals surface area contributed by atoms with Gasteiger partial charge in [0.2, 0.25) is 0 Å². The van der Waals surface area contributed by atoms with E-state index in [4.69, 9.17) is 5.11 Å². The second-order valence-electron chi connectivity index (χ2n) is 4.76. The van der Waals surface area contributed by atoms with Crippen LogP contribution in [0, 0.1) is 5.92 Å². The van der Waals surface area contributed by atoms with Gasteiger partial charge in [0, 0.05) is 18.8 Å². The predicted octanol–water partition coefficient (Wildman–Crippen LogP) is 1.63. The molecule has 3 heteroatoms. The van der Waals surface area contributed by atoms with E-state index >= 15 is 0 Å². The molecule has 1 aliphatic rings. The highest BCUT2D eigenvalue weighted by atomic mass is 16.2. The van der Waals surface area contributed by atoms with Gasteiger partial charge in [0.05, 0.1) is 0 Å². The van der Waals surface area contributed by atoms with Gasteiger partial charge in [0.1, 0.15) is 0 Å². The molecule has 1 fully saturated rings. The fraction of sp³-hybridized carbons (Fsp3) is 0.571. The lowest BCUT2D eigenvalue weighted by Crippen LogP contribution is -2.33. The summed E-state index contributed by atoms with van der Waals surface area (Å²) in [6.07, 6.45) is 3.36. The molecular formula is C14H22N2O. The number of hydrogen-bond donors (Lipinski definition) is 3. The maximum atomic E-state index is 8.84. The normalized spacial score (nSPS) is 20.2. The van der Waals surface area contributed by atoms with Crippen molar-refractivity contribution in [1.82, 2.24) is 5.32 Å². The van der Waals surface area contributed by atoms with Crippen LogP contribution in [0.3, 0.4) is 0 Å². The van der Waals surface area contributed by atoms with Crippen molar-refractivity contribution in [2.24, 2.45) is 5.92 Å². The molecule has 1 heterocycles. The smallest absolute Gasteiger partial charge is 0.0471 e. The second kappa shape index (κ2) is 6.62. The van der Waals surface area contributed by atoms with Crippen LogP contribution >= 0.6 is 0 Å². The molecule has 0 saturated carbocycles. The van der Waals surface area contributed by atoms with Crippen LogP contribution < -0.4 is 10.6 Å². The summed E-state index contributed by atoms with van der Waals surface area (Å²) in [7, 11) is 0. The molecule has 0 aliphatic carbocycles. The fourth-order valence-corrected chi connectivity index (χ4v) is 2.28. The van der Waals surface area contributed by atoms with Crippen molar-refractivity contribution in [2.45, 2.75) is 19.3 Å². The molecule has 94 valence electrons. The van der Waals surface area contributed by atoms with Crippen molar-refractivity contribution >= 4 is 5.69 Å². The van der Waals surface area contributed by atoms with Crippen molar-refractivity contribution < 1.29 is 5.11 Å². The van der Waals surface area contributed by atoms with Gasteiger partial charge in [-0.3, -0.25) is 0 Å². The molecule has 3 N–H and O–H groups in total. The van der Waals surface area contributed by atoms with E-state index in [1.165, 1.54) is 30.6 Å². The number of anilines is 1. The third kappa shape index (κ3) is 4.02. The molecule has 0 radical (unpaired) electrons. The van der Waals surface area contributed by atoms with Gasteiger partial charge >= 0.3 is 0 Å². The fourth-order valence-electron chi connectivity index (χ4n) is 2.28. The SMILES string of the molecule is OCCc1ccc(NCC2CCCNC2)cc1. The quantitative estimate of drug-likeness (QED) is 0.725. The van der Waals surface area contributed by atoms with Gasteiger partial charge in [-0.25, -0.2) is 0 Å². The lowest BCUT2D eigenvalue weighted by atomic mass is 9.99. The summed E-state index contributed by atoms with van der Waals surface area (Å²) in [6, 6.07) is 8.36. The molecule has 0 spiro atoms. The molecule has 1 unspecified atom stereocenters. The predicted molar refractivity (Wildman–Crippen MR) is 71.3 cm³/mol. The first-order chi connectivity index (χ1) is 8.38. The summed E-state index contributed by atoms with van der Waals surface area (Å²) in [6.45, 7) is 3.58. The average molecular weight is 234 g/mol. The maximum absolute atomic E-state index is 8.84. The Balaban J connectivity index is 1.77. The molecular weight excluding hydrogens is 212 g/mol. The molecule has 0 aromatic heterocycles. The Morgan fingerprint density at radius 1 is 1.29 bits per heavy atom. The summed E-state index contributed by atoms with van der Waals surface area (Å²) < 4.78 is 0. The third-order valence-electron chi connectivity index (χ3n) is 3.35. The van der Waals surface area contributed by atoms with Crippen LogP contribution in [0.4, 0.5) is 5.69 Å². The molecule has 1 atom stereocenters. The zero-order chi connectivity index (χ0) is 11.9. The number of piperidine rings is 1. The van der Waals surface area contributed by atoms with Crippen LogP contribution in [0.1, 0.15) is 18.4 Å². The highest BCUT2D eigenvalue weighted by Gasteiger charge is 2.11. The lowest BCUT2D eigenvalue weighted by molar-refractivity contribution is 0.299. The number of aliphatic hydroxyl groups excluding tert-OH is 1. The Bertz CT molecular complexity index is 317. The van der Waals surface area contributed by atoms with Gasteiger partial charge in [-0.15, -0.1) is 0 Å². The Morgan fingerprint density at radius 3 is 2.76 bits per heavy atom. The number of hydrogen-bond acceptors (Lipinski definition) is 3. The highest BCUT2D eigenvalue weighted by Crippen LogP contribution is 2.13. The first-order valence-electron chi connectivity index (χ1n) is 6.53. The van der Waals surface area contributed by atoms with E-state index in [0.717, 1.165) is 25.4 Å². The first kappa shape index (κ1) is 12.4. The minimum atomic E-state index is 0.223. The van der Waals surface area contributed by atoms with Crippen LogP contribution in [0.5, 0.6) is 0 Å². The molecule has 1 aromatic carbocycles. The van der Waals surface area contributed by atoms with Gasteiger partial charge < -0.3 is 15.7 Å². The minimum absolute atomic E-state index is 0.223. The summed E-state index contributed by atoms with van der Waals surface area (Å²) >= 11 is 0. The third-order valence-corrected chi connectivity index (χ3v) is 3.35. The van der Waals surface area contributed by atoms with Gasteiger partial charge in [0.15, 0.2) is 0 Å². The van der Waals surface area contributed by atoms with E-state index < -0.39 is 0 Å². The Morgan fingerprint density at radius 2 is 2.12 bits per heavy atom. The van der Waals surface area contributed by atoms with Crippen LogP contribution in [0.2, 0.25) is 0 Å². The zero-order valence-corrected chi connectivity index (χ0v) is 10.3. The van der Waals surface area contributed by atoms with Gasteiger partial charge in [-0.05, 0) is 56.0 Å². The number of nitrogens with one attached hydrogen (secondary N) is 2. The highest BCUT2D eigenvalue weighted by molar-refractivity contribution is 5.44. The van der Waals surface area contributed by atoms with Crippen molar-refractivity contribution in [3.05, 3.63) is 29.8 Å².